The van der Waals surface area contributed by atoms with Crippen LogP contribution in [0.2, 0.25) is 0 Å². The van der Waals surface area contributed by atoms with Gasteiger partial charge in [-0.2, -0.15) is 13.2 Å². The number of aldehydes is 1. The van der Waals surface area contributed by atoms with Crippen LogP contribution in [0, 0.1) is 0 Å². The minimum Gasteiger partial charge on any atom is -0.496 e. The van der Waals surface area contributed by atoms with Crippen LogP contribution in [0.3, 0.4) is 0 Å². The summed E-state index contributed by atoms with van der Waals surface area (Å²) in [5.41, 5.74) is 0.773. The number of hydrogen-bond donors (Lipinski definition) is 1. The maximum Gasteiger partial charge on any atom is 0.471 e. The van der Waals surface area contributed by atoms with Crippen LogP contribution in [-0.4, -0.2) is 38.6 Å². The molecule has 0 fully saturated rings. The Bertz CT molecular complexity index is 558. The highest BCUT2D eigenvalue weighted by atomic mass is 19.4. The SMILES string of the molecule is COc1cc(CC(C)NC(=O)C(F)(F)F)c(OC)cc1C=O. The number of nitrogens with one attached hydrogen (secondary N) is 1. The van der Waals surface area contributed by atoms with Crippen LogP contribution < -0.4 is 14.8 Å². The summed E-state index contributed by atoms with van der Waals surface area (Å²) in [6.45, 7) is 1.43. The molecule has 1 rings (SSSR count). The molecule has 0 aromatic heterocycles. The molecule has 0 bridgehead atoms. The Kier molecular flexibility index (Phi) is 5.78. The summed E-state index contributed by atoms with van der Waals surface area (Å²) in [5, 5.41) is 1.86. The molecule has 0 aliphatic heterocycles. The third kappa shape index (κ3) is 4.37. The third-order valence-electron chi connectivity index (χ3n) is 2.92. The van der Waals surface area contributed by atoms with Gasteiger partial charge in [0.05, 0.1) is 19.8 Å². The Labute approximate surface area is 125 Å². The Morgan fingerprint density at radius 1 is 1.27 bits per heavy atom. The van der Waals surface area contributed by atoms with Gasteiger partial charge in [-0.15, -0.1) is 0 Å². The molecule has 1 amide bonds. The number of hydrogen-bond acceptors (Lipinski definition) is 4. The fourth-order valence-corrected chi connectivity index (χ4v) is 1.92. The van der Waals surface area contributed by atoms with E-state index in [4.69, 9.17) is 9.47 Å². The first kappa shape index (κ1) is 17.8. The molecule has 0 heterocycles. The van der Waals surface area contributed by atoms with Gasteiger partial charge in [-0.25, -0.2) is 0 Å². The molecule has 0 aliphatic carbocycles. The number of ether oxygens (including phenoxy) is 2. The highest BCUT2D eigenvalue weighted by Crippen LogP contribution is 2.29. The number of benzene rings is 1. The first-order valence-corrected chi connectivity index (χ1v) is 6.30. The molecule has 1 N–H and O–H groups in total. The topological polar surface area (TPSA) is 64.6 Å². The second kappa shape index (κ2) is 7.15. The van der Waals surface area contributed by atoms with Gasteiger partial charge in [0, 0.05) is 6.04 Å². The number of carbonyl (C=O) groups is 2. The van der Waals surface area contributed by atoms with Gasteiger partial charge in [0.15, 0.2) is 6.29 Å². The highest BCUT2D eigenvalue weighted by molar-refractivity contribution is 5.82. The predicted octanol–water partition coefficient (Wildman–Crippen LogP) is 2.13. The van der Waals surface area contributed by atoms with Crippen LogP contribution in [0.25, 0.3) is 0 Å². The van der Waals surface area contributed by atoms with Gasteiger partial charge in [0.1, 0.15) is 11.5 Å². The van der Waals surface area contributed by atoms with E-state index in [0.29, 0.717) is 17.6 Å². The molecule has 1 aromatic carbocycles. The van der Waals surface area contributed by atoms with Gasteiger partial charge in [0.2, 0.25) is 0 Å². The number of rotatable bonds is 6. The summed E-state index contributed by atoms with van der Waals surface area (Å²) in [4.78, 5) is 21.8. The number of alkyl halides is 3. The van der Waals surface area contributed by atoms with E-state index in [-0.39, 0.29) is 17.7 Å². The fourth-order valence-electron chi connectivity index (χ4n) is 1.92. The van der Waals surface area contributed by atoms with Crippen LogP contribution in [-0.2, 0) is 11.2 Å². The monoisotopic (exact) mass is 319 g/mol. The van der Waals surface area contributed by atoms with Gasteiger partial charge in [0.25, 0.3) is 0 Å². The van der Waals surface area contributed by atoms with Crippen molar-refractivity contribution in [2.24, 2.45) is 0 Å². The van der Waals surface area contributed by atoms with E-state index >= 15 is 0 Å². The summed E-state index contributed by atoms with van der Waals surface area (Å²) in [6, 6.07) is 2.15. The molecule has 8 heteroatoms. The van der Waals surface area contributed by atoms with E-state index in [1.54, 1.807) is 0 Å². The predicted molar refractivity (Wildman–Crippen MR) is 72.3 cm³/mol. The van der Waals surface area contributed by atoms with Crippen molar-refractivity contribution < 1.29 is 32.2 Å². The van der Waals surface area contributed by atoms with Gasteiger partial charge in [-0.1, -0.05) is 0 Å². The summed E-state index contributed by atoms with van der Waals surface area (Å²) in [7, 11) is 2.74. The molecule has 1 aromatic rings. The van der Waals surface area contributed by atoms with E-state index < -0.39 is 18.1 Å². The molecule has 0 spiro atoms. The Morgan fingerprint density at radius 3 is 2.32 bits per heavy atom. The lowest BCUT2D eigenvalue weighted by Gasteiger charge is -2.18. The fraction of sp³-hybridized carbons (Fsp3) is 0.429. The first-order valence-electron chi connectivity index (χ1n) is 6.30. The van der Waals surface area contributed by atoms with Crippen LogP contribution in [0.15, 0.2) is 12.1 Å². The molecule has 0 radical (unpaired) electrons. The van der Waals surface area contributed by atoms with E-state index in [1.807, 2.05) is 5.32 Å². The minimum absolute atomic E-state index is 0.0838. The van der Waals surface area contributed by atoms with Crippen molar-refractivity contribution >= 4 is 12.2 Å². The van der Waals surface area contributed by atoms with Gasteiger partial charge < -0.3 is 14.8 Å². The Hall–Kier alpha value is -2.25. The molecular weight excluding hydrogens is 303 g/mol. The molecule has 0 aliphatic rings. The standard InChI is InChI=1S/C14H16F3NO4/c1-8(18-13(20)14(15,16)17)4-9-5-12(22-3)10(7-19)6-11(9)21-2/h5-8H,4H2,1-3H3,(H,18,20). The molecule has 1 unspecified atom stereocenters. The largest absolute Gasteiger partial charge is 0.496 e. The van der Waals surface area contributed by atoms with Crippen molar-refractivity contribution in [1.82, 2.24) is 5.32 Å². The zero-order valence-electron chi connectivity index (χ0n) is 12.3. The number of methoxy groups -OCH3 is 2. The lowest BCUT2D eigenvalue weighted by Crippen LogP contribution is -2.42. The van der Waals surface area contributed by atoms with Crippen LogP contribution >= 0.6 is 0 Å². The minimum atomic E-state index is -4.93. The third-order valence-corrected chi connectivity index (χ3v) is 2.92. The van der Waals surface area contributed by atoms with Gasteiger partial charge in [-0.3, -0.25) is 9.59 Å². The molecule has 122 valence electrons. The molecule has 1 atom stereocenters. The normalized spacial score (nSPS) is 12.5. The molecule has 0 saturated carbocycles. The van der Waals surface area contributed by atoms with Crippen molar-refractivity contribution in [3.8, 4) is 11.5 Å². The van der Waals surface area contributed by atoms with E-state index in [2.05, 4.69) is 0 Å². The van der Waals surface area contributed by atoms with E-state index in [0.717, 1.165) is 0 Å². The van der Waals surface area contributed by atoms with Crippen LogP contribution in [0.1, 0.15) is 22.8 Å². The van der Waals surface area contributed by atoms with Crippen molar-refractivity contribution in [2.75, 3.05) is 14.2 Å². The maximum absolute atomic E-state index is 12.2. The lowest BCUT2D eigenvalue weighted by molar-refractivity contribution is -0.174. The van der Waals surface area contributed by atoms with Gasteiger partial charge in [-0.05, 0) is 31.0 Å². The second-order valence-electron chi connectivity index (χ2n) is 4.60. The van der Waals surface area contributed by atoms with Crippen LogP contribution in [0.5, 0.6) is 11.5 Å². The zero-order chi connectivity index (χ0) is 16.9. The first-order chi connectivity index (χ1) is 10.2. The maximum atomic E-state index is 12.2. The summed E-state index contributed by atoms with van der Waals surface area (Å²) in [6.07, 6.45) is -4.27. The number of halogens is 3. The van der Waals surface area contributed by atoms with Crippen LogP contribution in [0.4, 0.5) is 13.2 Å². The molecule has 22 heavy (non-hydrogen) atoms. The molecular formula is C14H16F3NO4. The van der Waals surface area contributed by atoms with E-state index in [9.17, 15) is 22.8 Å². The van der Waals surface area contributed by atoms with Crippen molar-refractivity contribution in [2.45, 2.75) is 25.6 Å². The Morgan fingerprint density at radius 2 is 1.86 bits per heavy atom. The Balaban J connectivity index is 2.97. The molecule has 0 saturated heterocycles. The quantitative estimate of drug-likeness (QED) is 0.816. The number of carbonyl (C=O) groups excluding carboxylic acids is 2. The van der Waals surface area contributed by atoms with Crippen molar-refractivity contribution in [3.05, 3.63) is 23.3 Å². The van der Waals surface area contributed by atoms with E-state index in [1.165, 1.54) is 33.3 Å². The van der Waals surface area contributed by atoms with Gasteiger partial charge >= 0.3 is 12.1 Å². The average molecular weight is 319 g/mol. The lowest BCUT2D eigenvalue weighted by atomic mass is 10.0. The summed E-state index contributed by atoms with van der Waals surface area (Å²) in [5.74, 6) is -1.40. The smallest absolute Gasteiger partial charge is 0.471 e. The number of amides is 1. The summed E-state index contributed by atoms with van der Waals surface area (Å²) < 4.78 is 46.8. The molecule has 5 nitrogen and oxygen atoms in total. The zero-order valence-corrected chi connectivity index (χ0v) is 12.3. The summed E-state index contributed by atoms with van der Waals surface area (Å²) >= 11 is 0. The second-order valence-corrected chi connectivity index (χ2v) is 4.60. The highest BCUT2D eigenvalue weighted by Gasteiger charge is 2.39. The average Bonchev–Trinajstić information content (AvgIpc) is 2.45. The van der Waals surface area contributed by atoms with Crippen molar-refractivity contribution in [3.63, 3.8) is 0 Å². The van der Waals surface area contributed by atoms with Crippen molar-refractivity contribution in [1.29, 1.82) is 0 Å².